The largest absolute Gasteiger partial charge is 0.434 e. The first kappa shape index (κ1) is 21.0. The van der Waals surface area contributed by atoms with Crippen molar-refractivity contribution in [1.82, 2.24) is 15.5 Å². The standard InChI is InChI=1S/C17H16Cl2N6O4/c1-7(2)9-5-13(22-23-15(9)26)29-14-10(18)3-8(4-11(14)19)25-17(28)21-16(27)12(6-20)24-25/h3-5,7,16-17,21,27-28H,1-2H3,(H,23,26). The van der Waals surface area contributed by atoms with Crippen LogP contribution >= 0.6 is 23.2 Å². The summed E-state index contributed by atoms with van der Waals surface area (Å²) in [6.07, 6.45) is -2.82. The van der Waals surface area contributed by atoms with Gasteiger partial charge in [0.05, 0.1) is 15.7 Å². The van der Waals surface area contributed by atoms with Gasteiger partial charge in [0.15, 0.2) is 17.7 Å². The molecule has 1 aliphatic rings. The Morgan fingerprint density at radius 3 is 2.52 bits per heavy atom. The fraction of sp³-hybridized carbons (Fsp3) is 0.294. The Hall–Kier alpha value is -2.68. The molecule has 0 fully saturated rings. The number of rotatable bonds is 4. The van der Waals surface area contributed by atoms with E-state index in [1.165, 1.54) is 18.2 Å². The lowest BCUT2D eigenvalue weighted by Gasteiger charge is -2.32. The van der Waals surface area contributed by atoms with Crippen LogP contribution in [-0.4, -0.2) is 38.7 Å². The number of H-pyrrole nitrogens is 1. The first-order valence-corrected chi connectivity index (χ1v) is 9.13. The number of nitrogens with one attached hydrogen (secondary N) is 2. The molecule has 0 aliphatic carbocycles. The SMILES string of the molecule is CC(C)c1cc(Oc2c(Cl)cc(N3N=C(C#N)C(O)NC3O)cc2Cl)n[nH]c1=O. The zero-order valence-corrected chi connectivity index (χ0v) is 16.7. The van der Waals surface area contributed by atoms with E-state index in [9.17, 15) is 15.0 Å². The summed E-state index contributed by atoms with van der Waals surface area (Å²) in [7, 11) is 0. The molecule has 2 unspecified atom stereocenters. The third kappa shape index (κ3) is 4.34. The molecule has 2 aromatic rings. The number of ether oxygens (including phenoxy) is 1. The molecule has 3 rings (SSSR count). The van der Waals surface area contributed by atoms with E-state index in [1.807, 2.05) is 13.8 Å². The Bertz CT molecular complexity index is 1040. The van der Waals surface area contributed by atoms with Gasteiger partial charge in [-0.05, 0) is 18.1 Å². The highest BCUT2D eigenvalue weighted by Gasteiger charge is 2.29. The van der Waals surface area contributed by atoms with Gasteiger partial charge in [-0.3, -0.25) is 4.79 Å². The normalized spacial score (nSPS) is 19.1. The lowest BCUT2D eigenvalue weighted by atomic mass is 10.1. The quantitative estimate of drug-likeness (QED) is 0.565. The van der Waals surface area contributed by atoms with Gasteiger partial charge in [0.2, 0.25) is 12.2 Å². The number of aromatic nitrogens is 2. The van der Waals surface area contributed by atoms with Crippen LogP contribution in [0.2, 0.25) is 10.0 Å². The molecule has 29 heavy (non-hydrogen) atoms. The fourth-order valence-electron chi connectivity index (χ4n) is 2.56. The van der Waals surface area contributed by atoms with E-state index in [0.29, 0.717) is 5.56 Å². The van der Waals surface area contributed by atoms with Crippen LogP contribution in [0, 0.1) is 11.3 Å². The van der Waals surface area contributed by atoms with Gasteiger partial charge >= 0.3 is 0 Å². The lowest BCUT2D eigenvalue weighted by molar-refractivity contribution is 0.0631. The van der Waals surface area contributed by atoms with Crippen molar-refractivity contribution < 1.29 is 14.9 Å². The molecule has 1 aliphatic heterocycles. The summed E-state index contributed by atoms with van der Waals surface area (Å²) >= 11 is 12.6. The zero-order valence-electron chi connectivity index (χ0n) is 15.2. The van der Waals surface area contributed by atoms with E-state index < -0.39 is 12.6 Å². The maximum atomic E-state index is 11.8. The number of anilines is 1. The Morgan fingerprint density at radius 1 is 1.28 bits per heavy atom. The Morgan fingerprint density at radius 2 is 1.93 bits per heavy atom. The number of aliphatic hydroxyl groups is 2. The van der Waals surface area contributed by atoms with Gasteiger partial charge in [-0.1, -0.05) is 37.0 Å². The molecule has 0 amide bonds. The van der Waals surface area contributed by atoms with Gasteiger partial charge in [0.25, 0.3) is 5.56 Å². The predicted octanol–water partition coefficient (Wildman–Crippen LogP) is 1.88. The number of aromatic amines is 1. The van der Waals surface area contributed by atoms with E-state index in [1.54, 1.807) is 6.07 Å². The molecule has 12 heteroatoms. The molecular formula is C17H16Cl2N6O4. The number of benzene rings is 1. The highest BCUT2D eigenvalue weighted by Crippen LogP contribution is 2.40. The molecule has 4 N–H and O–H groups in total. The lowest BCUT2D eigenvalue weighted by Crippen LogP contribution is -2.55. The van der Waals surface area contributed by atoms with Gasteiger partial charge in [-0.25, -0.2) is 15.4 Å². The summed E-state index contributed by atoms with van der Waals surface area (Å²) in [4.78, 5) is 11.8. The number of hydrogen-bond acceptors (Lipinski definition) is 9. The van der Waals surface area contributed by atoms with Crippen molar-refractivity contribution in [1.29, 1.82) is 5.26 Å². The number of aliphatic hydroxyl groups excluding tert-OH is 2. The fourth-order valence-corrected chi connectivity index (χ4v) is 3.11. The van der Waals surface area contributed by atoms with E-state index in [-0.39, 0.29) is 44.6 Å². The number of halogens is 2. The van der Waals surface area contributed by atoms with E-state index in [0.717, 1.165) is 5.01 Å². The van der Waals surface area contributed by atoms with Crippen LogP contribution in [0.15, 0.2) is 28.1 Å². The minimum atomic E-state index is -1.42. The number of hydrazone groups is 1. The first-order valence-electron chi connectivity index (χ1n) is 8.37. The number of nitrogens with zero attached hydrogens (tertiary/aromatic N) is 4. The van der Waals surface area contributed by atoms with Crippen molar-refractivity contribution in [2.45, 2.75) is 32.3 Å². The van der Waals surface area contributed by atoms with Crippen LogP contribution < -0.4 is 20.6 Å². The summed E-state index contributed by atoms with van der Waals surface area (Å²) in [5, 5.41) is 42.3. The number of nitriles is 1. The van der Waals surface area contributed by atoms with Crippen molar-refractivity contribution >= 4 is 34.6 Å². The molecule has 10 nitrogen and oxygen atoms in total. The van der Waals surface area contributed by atoms with Crippen molar-refractivity contribution in [2.75, 3.05) is 5.01 Å². The van der Waals surface area contributed by atoms with Crippen molar-refractivity contribution in [3.63, 3.8) is 0 Å². The monoisotopic (exact) mass is 438 g/mol. The first-order chi connectivity index (χ1) is 13.7. The average Bonchev–Trinajstić information content (AvgIpc) is 2.65. The zero-order chi connectivity index (χ0) is 21.3. The van der Waals surface area contributed by atoms with Gasteiger partial charge in [-0.2, -0.15) is 10.4 Å². The van der Waals surface area contributed by atoms with Crippen LogP contribution in [0.25, 0.3) is 0 Å². The molecule has 0 saturated carbocycles. The summed E-state index contributed by atoms with van der Waals surface area (Å²) in [6.45, 7) is 3.71. The highest BCUT2D eigenvalue weighted by atomic mass is 35.5. The van der Waals surface area contributed by atoms with Crippen molar-refractivity contribution in [2.24, 2.45) is 5.10 Å². The van der Waals surface area contributed by atoms with Gasteiger partial charge < -0.3 is 14.9 Å². The number of hydrogen-bond donors (Lipinski definition) is 4. The Kier molecular flexibility index (Phi) is 6.07. The topological polar surface area (TPSA) is 147 Å². The molecule has 2 heterocycles. The summed E-state index contributed by atoms with van der Waals surface area (Å²) < 4.78 is 5.64. The molecule has 2 atom stereocenters. The summed E-state index contributed by atoms with van der Waals surface area (Å²) in [6, 6.07) is 6.02. The minimum absolute atomic E-state index is 0.0481. The smallest absolute Gasteiger partial charge is 0.267 e. The van der Waals surface area contributed by atoms with Crippen molar-refractivity contribution in [3.8, 4) is 17.7 Å². The molecule has 1 aromatic carbocycles. The summed E-state index contributed by atoms with van der Waals surface area (Å²) in [5.41, 5.74) is 0.156. The minimum Gasteiger partial charge on any atom is -0.434 e. The molecule has 0 radical (unpaired) electrons. The van der Waals surface area contributed by atoms with Gasteiger partial charge in [0, 0.05) is 11.6 Å². The van der Waals surface area contributed by atoms with Crippen LogP contribution in [0.1, 0.15) is 25.3 Å². The third-order valence-corrected chi connectivity index (χ3v) is 4.57. The van der Waals surface area contributed by atoms with Gasteiger partial charge in [-0.15, -0.1) is 5.10 Å². The highest BCUT2D eigenvalue weighted by molar-refractivity contribution is 6.37. The molecule has 152 valence electrons. The molecule has 1 aromatic heterocycles. The third-order valence-electron chi connectivity index (χ3n) is 4.01. The summed E-state index contributed by atoms with van der Waals surface area (Å²) in [5.74, 6) is 0.126. The van der Waals surface area contributed by atoms with E-state index >= 15 is 0 Å². The van der Waals surface area contributed by atoms with Crippen LogP contribution in [0.3, 0.4) is 0 Å². The van der Waals surface area contributed by atoms with Crippen LogP contribution in [-0.2, 0) is 0 Å². The maximum Gasteiger partial charge on any atom is 0.267 e. The van der Waals surface area contributed by atoms with Crippen LogP contribution in [0.5, 0.6) is 11.6 Å². The van der Waals surface area contributed by atoms with E-state index in [2.05, 4.69) is 20.6 Å². The second-order valence-electron chi connectivity index (χ2n) is 6.37. The van der Waals surface area contributed by atoms with E-state index in [4.69, 9.17) is 33.2 Å². The second kappa shape index (κ2) is 8.36. The predicted molar refractivity (Wildman–Crippen MR) is 106 cm³/mol. The Labute approximate surface area is 174 Å². The average molecular weight is 439 g/mol. The molecule has 0 bridgehead atoms. The van der Waals surface area contributed by atoms with Crippen molar-refractivity contribution in [3.05, 3.63) is 44.2 Å². The molecular weight excluding hydrogens is 423 g/mol. The maximum absolute atomic E-state index is 11.8. The van der Waals surface area contributed by atoms with Gasteiger partial charge in [0.1, 0.15) is 6.07 Å². The molecule has 0 saturated heterocycles. The second-order valence-corrected chi connectivity index (χ2v) is 7.18. The molecule has 0 spiro atoms. The van der Waals surface area contributed by atoms with Crippen LogP contribution in [0.4, 0.5) is 5.69 Å². The Balaban J connectivity index is 1.95.